The van der Waals surface area contributed by atoms with Crippen LogP contribution in [0.5, 0.6) is 0 Å². The van der Waals surface area contributed by atoms with Crippen LogP contribution in [0.15, 0.2) is 30.5 Å². The van der Waals surface area contributed by atoms with Crippen LogP contribution in [0.3, 0.4) is 0 Å². The Hall–Kier alpha value is -2.05. The van der Waals surface area contributed by atoms with Crippen LogP contribution in [0.2, 0.25) is 10.0 Å². The third-order valence-corrected chi connectivity index (χ3v) is 2.81. The van der Waals surface area contributed by atoms with Gasteiger partial charge in [0.2, 0.25) is 5.82 Å². The Labute approximate surface area is 118 Å². The van der Waals surface area contributed by atoms with Crippen LogP contribution in [0.25, 0.3) is 0 Å². The van der Waals surface area contributed by atoms with Crippen molar-refractivity contribution in [2.24, 2.45) is 0 Å². The Morgan fingerprint density at radius 2 is 2.05 bits per heavy atom. The molecular weight excluding hydrogens is 291 g/mol. The lowest BCUT2D eigenvalue weighted by Crippen LogP contribution is -2.00. The van der Waals surface area contributed by atoms with Gasteiger partial charge >= 0.3 is 5.69 Å². The number of aromatic nitrogens is 1. The molecule has 0 atom stereocenters. The van der Waals surface area contributed by atoms with Gasteiger partial charge in [-0.1, -0.05) is 23.2 Å². The number of hydrogen-bond acceptors (Lipinski definition) is 5. The van der Waals surface area contributed by atoms with Gasteiger partial charge in [0.15, 0.2) is 0 Å². The first-order valence-electron chi connectivity index (χ1n) is 5.09. The fourth-order valence-electron chi connectivity index (χ4n) is 1.43. The van der Waals surface area contributed by atoms with Crippen molar-refractivity contribution < 1.29 is 4.92 Å². The molecule has 1 aromatic carbocycles. The molecule has 0 unspecified atom stereocenters. The highest BCUT2D eigenvalue weighted by molar-refractivity contribution is 6.33. The molecule has 3 N–H and O–H groups in total. The maximum absolute atomic E-state index is 10.9. The van der Waals surface area contributed by atoms with Crippen LogP contribution in [-0.4, -0.2) is 9.91 Å². The molecule has 2 aromatic rings. The van der Waals surface area contributed by atoms with Gasteiger partial charge in [-0.25, -0.2) is 4.98 Å². The van der Waals surface area contributed by atoms with Gasteiger partial charge in [-0.05, 0) is 18.2 Å². The first kappa shape index (κ1) is 13.4. The lowest BCUT2D eigenvalue weighted by molar-refractivity contribution is -0.384. The first-order valence-corrected chi connectivity index (χ1v) is 5.85. The van der Waals surface area contributed by atoms with E-state index < -0.39 is 4.92 Å². The quantitative estimate of drug-likeness (QED) is 0.513. The smallest absolute Gasteiger partial charge is 0.313 e. The molecule has 0 aliphatic carbocycles. The van der Waals surface area contributed by atoms with Gasteiger partial charge in [-0.3, -0.25) is 10.1 Å². The molecule has 0 bridgehead atoms. The Kier molecular flexibility index (Phi) is 3.73. The summed E-state index contributed by atoms with van der Waals surface area (Å²) in [6.45, 7) is 0. The monoisotopic (exact) mass is 298 g/mol. The molecule has 98 valence electrons. The molecule has 0 aliphatic heterocycles. The van der Waals surface area contributed by atoms with Gasteiger partial charge in [0.25, 0.3) is 0 Å². The number of nitrogens with one attached hydrogen (secondary N) is 1. The van der Waals surface area contributed by atoms with Gasteiger partial charge < -0.3 is 11.1 Å². The predicted octanol–water partition coefficient (Wildman–Crippen LogP) is 3.62. The molecule has 19 heavy (non-hydrogen) atoms. The number of rotatable bonds is 3. The maximum atomic E-state index is 10.9. The van der Waals surface area contributed by atoms with Crippen LogP contribution in [0.1, 0.15) is 0 Å². The molecule has 0 radical (unpaired) electrons. The predicted molar refractivity (Wildman–Crippen MR) is 75.0 cm³/mol. The highest BCUT2D eigenvalue weighted by atomic mass is 35.5. The molecule has 0 fully saturated rings. The zero-order valence-electron chi connectivity index (χ0n) is 9.43. The van der Waals surface area contributed by atoms with Crippen molar-refractivity contribution >= 4 is 46.1 Å². The molecule has 8 heteroatoms. The lowest BCUT2D eigenvalue weighted by atomic mass is 10.2. The number of pyridine rings is 1. The molecule has 1 aromatic heterocycles. The number of hydrogen-bond donors (Lipinski definition) is 2. The number of nitro groups is 1. The van der Waals surface area contributed by atoms with E-state index in [0.717, 1.165) is 0 Å². The minimum Gasteiger partial charge on any atom is -0.399 e. The number of nitrogens with two attached hydrogens (primary N) is 1. The Balaban J connectivity index is 2.43. The molecule has 0 amide bonds. The Morgan fingerprint density at radius 1 is 1.32 bits per heavy atom. The van der Waals surface area contributed by atoms with Crippen molar-refractivity contribution in [3.05, 3.63) is 50.6 Å². The number of nitrogen functional groups attached to an aromatic ring is 1. The topological polar surface area (TPSA) is 94.1 Å². The average molecular weight is 299 g/mol. The van der Waals surface area contributed by atoms with Crippen molar-refractivity contribution in [3.63, 3.8) is 0 Å². The van der Waals surface area contributed by atoms with E-state index in [1.165, 1.54) is 12.3 Å². The zero-order valence-corrected chi connectivity index (χ0v) is 10.9. The van der Waals surface area contributed by atoms with Crippen LogP contribution >= 0.6 is 23.2 Å². The summed E-state index contributed by atoms with van der Waals surface area (Å²) in [4.78, 5) is 14.2. The van der Waals surface area contributed by atoms with Gasteiger partial charge in [0.1, 0.15) is 0 Å². The Morgan fingerprint density at radius 3 is 2.74 bits per heavy atom. The molecule has 6 nitrogen and oxygen atoms in total. The molecule has 1 heterocycles. The summed E-state index contributed by atoms with van der Waals surface area (Å²) in [7, 11) is 0. The minimum atomic E-state index is -0.582. The van der Waals surface area contributed by atoms with E-state index in [1.807, 2.05) is 0 Å². The third-order valence-electron chi connectivity index (χ3n) is 2.27. The summed E-state index contributed by atoms with van der Waals surface area (Å²) in [5.41, 5.74) is 6.29. The van der Waals surface area contributed by atoms with Crippen LogP contribution in [0, 0.1) is 10.1 Å². The summed E-state index contributed by atoms with van der Waals surface area (Å²) in [6.07, 6.45) is 1.30. The second-order valence-electron chi connectivity index (χ2n) is 3.64. The second-order valence-corrected chi connectivity index (χ2v) is 4.49. The SMILES string of the molecule is Nc1ccc(Cl)c(Nc2ncc(Cl)cc2[N+](=O)[O-])c1. The summed E-state index contributed by atoms with van der Waals surface area (Å²) in [5.74, 6) is 0.0434. The standard InChI is InChI=1S/C11H8Cl2N4O2/c12-6-3-10(17(18)19)11(15-5-6)16-9-4-7(14)1-2-8(9)13/h1-5H,14H2,(H,15,16). The molecule has 0 saturated heterocycles. The maximum Gasteiger partial charge on any atom is 0.313 e. The van der Waals surface area contributed by atoms with Crippen LogP contribution < -0.4 is 11.1 Å². The molecular formula is C11H8Cl2N4O2. The molecule has 0 aliphatic rings. The minimum absolute atomic E-state index is 0.0434. The average Bonchev–Trinajstić information content (AvgIpc) is 2.35. The van der Waals surface area contributed by atoms with Crippen molar-refractivity contribution in [3.8, 4) is 0 Å². The van der Waals surface area contributed by atoms with E-state index in [2.05, 4.69) is 10.3 Å². The van der Waals surface area contributed by atoms with Crippen LogP contribution in [0.4, 0.5) is 22.9 Å². The zero-order chi connectivity index (χ0) is 14.0. The third kappa shape index (κ3) is 3.04. The fourth-order valence-corrected chi connectivity index (χ4v) is 1.75. The van der Waals surface area contributed by atoms with Gasteiger partial charge in [-0.2, -0.15) is 0 Å². The van der Waals surface area contributed by atoms with Gasteiger partial charge in [0.05, 0.1) is 20.7 Å². The summed E-state index contributed by atoms with van der Waals surface area (Å²) < 4.78 is 0. The van der Waals surface area contributed by atoms with E-state index in [9.17, 15) is 10.1 Å². The van der Waals surface area contributed by atoms with E-state index in [1.54, 1.807) is 18.2 Å². The molecule has 0 spiro atoms. The largest absolute Gasteiger partial charge is 0.399 e. The first-order chi connectivity index (χ1) is 8.97. The molecule has 2 rings (SSSR count). The van der Waals surface area contributed by atoms with E-state index in [-0.39, 0.29) is 16.5 Å². The van der Waals surface area contributed by atoms with Crippen LogP contribution in [-0.2, 0) is 0 Å². The second kappa shape index (κ2) is 5.29. The number of halogens is 2. The number of benzene rings is 1. The van der Waals surface area contributed by atoms with Crippen molar-refractivity contribution in [1.82, 2.24) is 4.98 Å². The van der Waals surface area contributed by atoms with E-state index in [0.29, 0.717) is 16.4 Å². The summed E-state index contributed by atoms with van der Waals surface area (Å²) in [6, 6.07) is 5.97. The highest BCUT2D eigenvalue weighted by Crippen LogP contribution is 2.31. The van der Waals surface area contributed by atoms with Gasteiger partial charge in [0, 0.05) is 18.0 Å². The molecule has 0 saturated carbocycles. The normalized spacial score (nSPS) is 10.2. The number of nitrogens with zero attached hydrogens (tertiary/aromatic N) is 2. The summed E-state index contributed by atoms with van der Waals surface area (Å²) in [5, 5.41) is 14.2. The van der Waals surface area contributed by atoms with Gasteiger partial charge in [-0.15, -0.1) is 0 Å². The fraction of sp³-hybridized carbons (Fsp3) is 0. The van der Waals surface area contributed by atoms with E-state index >= 15 is 0 Å². The van der Waals surface area contributed by atoms with Crippen molar-refractivity contribution in [2.75, 3.05) is 11.1 Å². The van der Waals surface area contributed by atoms with E-state index in [4.69, 9.17) is 28.9 Å². The lowest BCUT2D eigenvalue weighted by Gasteiger charge is -2.08. The summed E-state index contributed by atoms with van der Waals surface area (Å²) >= 11 is 11.6. The van der Waals surface area contributed by atoms with Crippen molar-refractivity contribution in [1.29, 1.82) is 0 Å². The number of anilines is 3. The highest BCUT2D eigenvalue weighted by Gasteiger charge is 2.17. The van der Waals surface area contributed by atoms with Crippen molar-refractivity contribution in [2.45, 2.75) is 0 Å². The Bertz CT molecular complexity index is 649.